The molecule has 3 rings (SSSR count). The first-order chi connectivity index (χ1) is 10.7. The highest BCUT2D eigenvalue weighted by Crippen LogP contribution is 2.27. The first-order valence-electron chi connectivity index (χ1n) is 7.59. The van der Waals surface area contributed by atoms with E-state index >= 15 is 0 Å². The average molecular weight is 318 g/mol. The molecule has 0 N–H and O–H groups in total. The third kappa shape index (κ3) is 3.31. The quantitative estimate of drug-likeness (QED) is 0.862. The van der Waals surface area contributed by atoms with Crippen LogP contribution >= 0.6 is 11.8 Å². The molecule has 0 saturated carbocycles. The van der Waals surface area contributed by atoms with E-state index in [1.807, 2.05) is 37.7 Å². The van der Waals surface area contributed by atoms with Gasteiger partial charge in [-0.15, -0.1) is 0 Å². The van der Waals surface area contributed by atoms with Gasteiger partial charge in [0.1, 0.15) is 11.5 Å². The molecule has 0 radical (unpaired) electrons. The van der Waals surface area contributed by atoms with E-state index in [-0.39, 0.29) is 0 Å². The highest BCUT2D eigenvalue weighted by molar-refractivity contribution is 7.99. The molecule has 2 aromatic rings. The second-order valence-electron chi connectivity index (χ2n) is 5.59. The van der Waals surface area contributed by atoms with Crippen LogP contribution in [-0.4, -0.2) is 41.6 Å². The fourth-order valence-corrected chi connectivity index (χ4v) is 3.66. The number of oxazole rings is 1. The van der Waals surface area contributed by atoms with Crippen LogP contribution in [0, 0.1) is 13.8 Å². The van der Waals surface area contributed by atoms with E-state index in [0.29, 0.717) is 5.89 Å². The molecule has 118 valence electrons. The van der Waals surface area contributed by atoms with Crippen LogP contribution in [0.25, 0.3) is 11.5 Å². The topological polar surface area (TPSA) is 38.5 Å². The molecule has 0 amide bonds. The van der Waals surface area contributed by atoms with Gasteiger partial charge in [-0.25, -0.2) is 4.98 Å². The van der Waals surface area contributed by atoms with E-state index in [2.05, 4.69) is 11.0 Å². The maximum Gasteiger partial charge on any atom is 0.226 e. The van der Waals surface area contributed by atoms with Gasteiger partial charge in [-0.1, -0.05) is 0 Å². The molecule has 1 saturated heterocycles. The summed E-state index contributed by atoms with van der Waals surface area (Å²) in [6, 6.07) is 6.02. The molecule has 1 fully saturated rings. The molecule has 22 heavy (non-hydrogen) atoms. The molecule has 5 heteroatoms. The normalized spacial score (nSPS) is 16.0. The van der Waals surface area contributed by atoms with Crippen LogP contribution < -0.4 is 4.74 Å². The fraction of sp³-hybridized carbons (Fsp3) is 0.471. The highest BCUT2D eigenvalue weighted by atomic mass is 32.2. The van der Waals surface area contributed by atoms with Gasteiger partial charge in [0.2, 0.25) is 5.89 Å². The Labute approximate surface area is 135 Å². The van der Waals surface area contributed by atoms with Gasteiger partial charge in [0.25, 0.3) is 0 Å². The van der Waals surface area contributed by atoms with Crippen LogP contribution in [0.4, 0.5) is 0 Å². The minimum atomic E-state index is 0.699. The van der Waals surface area contributed by atoms with Crippen molar-refractivity contribution in [2.45, 2.75) is 20.4 Å². The van der Waals surface area contributed by atoms with Crippen LogP contribution in [0.1, 0.15) is 17.0 Å². The summed E-state index contributed by atoms with van der Waals surface area (Å²) in [5, 5.41) is 0. The smallest absolute Gasteiger partial charge is 0.226 e. The van der Waals surface area contributed by atoms with Crippen molar-refractivity contribution >= 4 is 11.8 Å². The minimum Gasteiger partial charge on any atom is -0.496 e. The van der Waals surface area contributed by atoms with Crippen molar-refractivity contribution in [1.29, 1.82) is 0 Å². The zero-order valence-electron chi connectivity index (χ0n) is 13.4. The fourth-order valence-electron chi connectivity index (χ4n) is 2.68. The van der Waals surface area contributed by atoms with Gasteiger partial charge >= 0.3 is 0 Å². The Morgan fingerprint density at radius 1 is 1.27 bits per heavy atom. The number of aryl methyl sites for hydroxylation is 2. The summed E-state index contributed by atoms with van der Waals surface area (Å²) in [6.07, 6.45) is 0. The maximum atomic E-state index is 5.89. The summed E-state index contributed by atoms with van der Waals surface area (Å²) in [6.45, 7) is 7.18. The second kappa shape index (κ2) is 6.75. The SMILES string of the molecule is COc1ccc(-c2nc(CN3CCSCC3)c(C)o2)cc1C. The van der Waals surface area contributed by atoms with Crippen molar-refractivity contribution in [3.8, 4) is 17.2 Å². The largest absolute Gasteiger partial charge is 0.496 e. The van der Waals surface area contributed by atoms with E-state index in [0.717, 1.165) is 48.0 Å². The van der Waals surface area contributed by atoms with E-state index < -0.39 is 0 Å². The summed E-state index contributed by atoms with van der Waals surface area (Å²) >= 11 is 2.02. The van der Waals surface area contributed by atoms with E-state index in [4.69, 9.17) is 14.1 Å². The average Bonchev–Trinajstić information content (AvgIpc) is 2.89. The predicted octanol–water partition coefficient (Wildman–Crippen LogP) is 3.52. The van der Waals surface area contributed by atoms with Crippen molar-refractivity contribution in [1.82, 2.24) is 9.88 Å². The number of nitrogens with zero attached hydrogens (tertiary/aromatic N) is 2. The number of aromatic nitrogens is 1. The van der Waals surface area contributed by atoms with Gasteiger partial charge in [0, 0.05) is 36.7 Å². The Morgan fingerprint density at radius 3 is 2.73 bits per heavy atom. The first kappa shape index (κ1) is 15.4. The number of hydrogen-bond donors (Lipinski definition) is 0. The van der Waals surface area contributed by atoms with Gasteiger partial charge in [-0.3, -0.25) is 4.90 Å². The Kier molecular flexibility index (Phi) is 4.74. The lowest BCUT2D eigenvalue weighted by Crippen LogP contribution is -2.32. The third-order valence-corrected chi connectivity index (χ3v) is 4.95. The monoisotopic (exact) mass is 318 g/mol. The minimum absolute atomic E-state index is 0.699. The Balaban J connectivity index is 1.80. The lowest BCUT2D eigenvalue weighted by atomic mass is 10.1. The summed E-state index contributed by atoms with van der Waals surface area (Å²) < 4.78 is 11.2. The highest BCUT2D eigenvalue weighted by Gasteiger charge is 2.17. The Hall–Kier alpha value is -1.46. The second-order valence-corrected chi connectivity index (χ2v) is 6.82. The van der Waals surface area contributed by atoms with Crippen LogP contribution in [-0.2, 0) is 6.54 Å². The van der Waals surface area contributed by atoms with Crippen molar-refractivity contribution in [2.24, 2.45) is 0 Å². The van der Waals surface area contributed by atoms with Gasteiger partial charge in [0.05, 0.1) is 12.8 Å². The standard InChI is InChI=1S/C17H22N2O2S/c1-12-10-14(4-5-16(12)20-3)17-18-15(13(2)21-17)11-19-6-8-22-9-7-19/h4-5,10H,6-9,11H2,1-3H3. The van der Waals surface area contributed by atoms with Gasteiger partial charge in [-0.05, 0) is 37.6 Å². The molecule has 1 aliphatic rings. The number of ether oxygens (including phenoxy) is 1. The zero-order valence-corrected chi connectivity index (χ0v) is 14.2. The molecular weight excluding hydrogens is 296 g/mol. The van der Waals surface area contributed by atoms with Crippen LogP contribution in [0.5, 0.6) is 5.75 Å². The summed E-state index contributed by atoms with van der Waals surface area (Å²) in [7, 11) is 1.69. The van der Waals surface area contributed by atoms with Crippen molar-refractivity contribution in [3.05, 3.63) is 35.2 Å². The summed E-state index contributed by atoms with van der Waals surface area (Å²) in [4.78, 5) is 7.16. The van der Waals surface area contributed by atoms with Gasteiger partial charge < -0.3 is 9.15 Å². The molecule has 1 aromatic heterocycles. The molecule has 1 aromatic carbocycles. The molecule has 0 unspecified atom stereocenters. The van der Waals surface area contributed by atoms with E-state index in [1.54, 1.807) is 7.11 Å². The Bertz CT molecular complexity index is 648. The maximum absolute atomic E-state index is 5.89. The number of thioether (sulfide) groups is 1. The molecule has 1 aliphatic heterocycles. The van der Waals surface area contributed by atoms with Crippen molar-refractivity contribution < 1.29 is 9.15 Å². The number of methoxy groups -OCH3 is 1. The molecule has 4 nitrogen and oxygen atoms in total. The number of benzene rings is 1. The number of hydrogen-bond acceptors (Lipinski definition) is 5. The van der Waals surface area contributed by atoms with Crippen LogP contribution in [0.2, 0.25) is 0 Å². The molecule has 0 spiro atoms. The van der Waals surface area contributed by atoms with Gasteiger partial charge in [0.15, 0.2) is 0 Å². The predicted molar refractivity (Wildman–Crippen MR) is 90.6 cm³/mol. The van der Waals surface area contributed by atoms with E-state index in [9.17, 15) is 0 Å². The van der Waals surface area contributed by atoms with Crippen molar-refractivity contribution in [3.63, 3.8) is 0 Å². The van der Waals surface area contributed by atoms with Crippen LogP contribution in [0.15, 0.2) is 22.6 Å². The molecule has 0 atom stereocenters. The van der Waals surface area contributed by atoms with E-state index in [1.165, 1.54) is 11.5 Å². The molecule has 2 heterocycles. The third-order valence-electron chi connectivity index (χ3n) is 4.01. The zero-order chi connectivity index (χ0) is 15.5. The number of rotatable bonds is 4. The first-order valence-corrected chi connectivity index (χ1v) is 8.74. The van der Waals surface area contributed by atoms with Crippen LogP contribution in [0.3, 0.4) is 0 Å². The summed E-state index contributed by atoms with van der Waals surface area (Å²) in [5.41, 5.74) is 3.14. The lowest BCUT2D eigenvalue weighted by Gasteiger charge is -2.25. The van der Waals surface area contributed by atoms with Gasteiger partial charge in [-0.2, -0.15) is 11.8 Å². The molecular formula is C17H22N2O2S. The summed E-state index contributed by atoms with van der Waals surface area (Å²) in [5.74, 6) is 4.92. The Morgan fingerprint density at radius 2 is 2.05 bits per heavy atom. The lowest BCUT2D eigenvalue weighted by molar-refractivity contribution is 0.289. The van der Waals surface area contributed by atoms with Crippen molar-refractivity contribution in [2.75, 3.05) is 31.7 Å². The molecule has 0 aliphatic carbocycles. The molecule has 0 bridgehead atoms.